The highest BCUT2D eigenvalue weighted by atomic mass is 32.2. The van der Waals surface area contributed by atoms with Crippen molar-refractivity contribution in [1.29, 1.82) is 5.26 Å². The van der Waals surface area contributed by atoms with E-state index in [4.69, 9.17) is 16.1 Å². The molecule has 0 saturated heterocycles. The Kier molecular flexibility index (Phi) is 4.31. The average Bonchev–Trinajstić information content (AvgIpc) is 2.25. The third-order valence-electron chi connectivity index (χ3n) is 2.15. The maximum Gasteiger partial charge on any atom is 0.209 e. The first-order chi connectivity index (χ1) is 7.94. The fraction of sp³-hybridized carbons (Fsp3) is 0.300. The molecule has 1 aromatic rings. The highest BCUT2D eigenvalue weighted by molar-refractivity contribution is 7.89. The Bertz CT molecular complexity index is 534. The van der Waals surface area contributed by atoms with Gasteiger partial charge >= 0.3 is 0 Å². The Labute approximate surface area is 100 Å². The van der Waals surface area contributed by atoms with Crippen molar-refractivity contribution in [1.82, 2.24) is 0 Å². The summed E-state index contributed by atoms with van der Waals surface area (Å²) in [7, 11) is -3.43. The molecule has 1 aromatic carbocycles. The second-order valence-corrected chi connectivity index (χ2v) is 5.26. The van der Waals surface area contributed by atoms with Crippen LogP contribution in [0.1, 0.15) is 12.0 Å². The van der Waals surface area contributed by atoms with Crippen LogP contribution in [0.5, 0.6) is 0 Å². The number of sulfonamides is 1. The second-order valence-electron chi connectivity index (χ2n) is 3.53. The summed E-state index contributed by atoms with van der Waals surface area (Å²) in [4.78, 5) is 0. The van der Waals surface area contributed by atoms with Crippen LogP contribution in [-0.2, 0) is 10.0 Å². The van der Waals surface area contributed by atoms with Gasteiger partial charge in [0.2, 0.25) is 10.0 Å². The Morgan fingerprint density at radius 2 is 2.12 bits per heavy atom. The molecular formula is C10H14N4O2S. The van der Waals surface area contributed by atoms with Crippen molar-refractivity contribution < 1.29 is 8.42 Å². The van der Waals surface area contributed by atoms with Gasteiger partial charge in [0.1, 0.15) is 6.07 Å². The van der Waals surface area contributed by atoms with E-state index in [-0.39, 0.29) is 5.75 Å². The largest absolute Gasteiger partial charge is 0.396 e. The summed E-state index contributed by atoms with van der Waals surface area (Å²) in [5, 5.41) is 16.6. The summed E-state index contributed by atoms with van der Waals surface area (Å²) in [6, 6.07) is 7.02. The van der Waals surface area contributed by atoms with Crippen LogP contribution in [0.4, 0.5) is 11.4 Å². The SMILES string of the molecule is N#Cc1cccc(NCCCS(N)(=O)=O)c1N. The fourth-order valence-electron chi connectivity index (χ4n) is 1.31. The van der Waals surface area contributed by atoms with E-state index >= 15 is 0 Å². The van der Waals surface area contributed by atoms with E-state index in [0.717, 1.165) is 0 Å². The minimum atomic E-state index is -3.43. The minimum absolute atomic E-state index is 0.0855. The van der Waals surface area contributed by atoms with Crippen molar-refractivity contribution in [2.24, 2.45) is 5.14 Å². The van der Waals surface area contributed by atoms with E-state index in [9.17, 15) is 8.42 Å². The zero-order chi connectivity index (χ0) is 12.9. The number of nitrogens with one attached hydrogen (secondary N) is 1. The quantitative estimate of drug-likeness (QED) is 0.513. The van der Waals surface area contributed by atoms with Crippen molar-refractivity contribution in [2.45, 2.75) is 6.42 Å². The van der Waals surface area contributed by atoms with Gasteiger partial charge < -0.3 is 11.1 Å². The van der Waals surface area contributed by atoms with Gasteiger partial charge in [0.15, 0.2) is 0 Å². The number of nitriles is 1. The summed E-state index contributed by atoms with van der Waals surface area (Å²) in [5.41, 5.74) is 7.11. The molecule has 92 valence electrons. The molecule has 1 rings (SSSR count). The van der Waals surface area contributed by atoms with Crippen LogP contribution in [0.15, 0.2) is 18.2 Å². The first kappa shape index (κ1) is 13.3. The molecule has 7 heteroatoms. The molecule has 6 nitrogen and oxygen atoms in total. The molecule has 0 saturated carbocycles. The number of benzene rings is 1. The lowest BCUT2D eigenvalue weighted by molar-refractivity contribution is 0.596. The molecule has 0 radical (unpaired) electrons. The number of nitrogen functional groups attached to an aromatic ring is 1. The van der Waals surface area contributed by atoms with Crippen molar-refractivity contribution in [3.8, 4) is 6.07 Å². The number of hydrogen-bond donors (Lipinski definition) is 3. The Balaban J connectivity index is 2.56. The first-order valence-electron chi connectivity index (χ1n) is 4.97. The second kappa shape index (κ2) is 5.52. The molecule has 0 heterocycles. The molecule has 0 aliphatic heterocycles. The summed E-state index contributed by atoms with van der Waals surface area (Å²) in [6.07, 6.45) is 0.384. The van der Waals surface area contributed by atoms with Gasteiger partial charge in [-0.15, -0.1) is 0 Å². The lowest BCUT2D eigenvalue weighted by atomic mass is 10.1. The van der Waals surface area contributed by atoms with Crippen LogP contribution < -0.4 is 16.2 Å². The topological polar surface area (TPSA) is 122 Å². The molecule has 0 spiro atoms. The number of hydrogen-bond acceptors (Lipinski definition) is 5. The van der Waals surface area contributed by atoms with Crippen molar-refractivity contribution >= 4 is 21.4 Å². The van der Waals surface area contributed by atoms with E-state index in [2.05, 4.69) is 5.32 Å². The summed E-state index contributed by atoms with van der Waals surface area (Å²) in [5.74, 6) is -0.0855. The number of anilines is 2. The van der Waals surface area contributed by atoms with E-state index in [1.54, 1.807) is 18.2 Å². The van der Waals surface area contributed by atoms with Crippen LogP contribution in [-0.4, -0.2) is 20.7 Å². The van der Waals surface area contributed by atoms with Gasteiger partial charge in [-0.1, -0.05) is 6.07 Å². The fourth-order valence-corrected chi connectivity index (χ4v) is 1.86. The maximum atomic E-state index is 10.7. The minimum Gasteiger partial charge on any atom is -0.396 e. The monoisotopic (exact) mass is 254 g/mol. The van der Waals surface area contributed by atoms with Gasteiger partial charge in [-0.25, -0.2) is 13.6 Å². The highest BCUT2D eigenvalue weighted by Gasteiger charge is 2.05. The third-order valence-corrected chi connectivity index (χ3v) is 3.01. The number of nitrogens with two attached hydrogens (primary N) is 2. The molecule has 0 aliphatic carbocycles. The normalized spacial score (nSPS) is 10.8. The zero-order valence-electron chi connectivity index (χ0n) is 9.18. The summed E-state index contributed by atoms with van der Waals surface area (Å²) < 4.78 is 21.4. The van der Waals surface area contributed by atoms with E-state index in [1.807, 2.05) is 6.07 Å². The molecule has 0 unspecified atom stereocenters. The van der Waals surface area contributed by atoms with Crippen LogP contribution in [0.3, 0.4) is 0 Å². The van der Waals surface area contributed by atoms with Crippen LogP contribution in [0.25, 0.3) is 0 Å². The van der Waals surface area contributed by atoms with Crippen LogP contribution >= 0.6 is 0 Å². The lowest BCUT2D eigenvalue weighted by Gasteiger charge is -2.09. The molecule has 0 aromatic heterocycles. The van der Waals surface area contributed by atoms with Gasteiger partial charge in [0.05, 0.1) is 22.7 Å². The summed E-state index contributed by atoms with van der Waals surface area (Å²) >= 11 is 0. The molecule has 0 fully saturated rings. The molecule has 0 amide bonds. The van der Waals surface area contributed by atoms with Crippen molar-refractivity contribution in [3.63, 3.8) is 0 Å². The highest BCUT2D eigenvalue weighted by Crippen LogP contribution is 2.21. The van der Waals surface area contributed by atoms with Gasteiger partial charge in [-0.3, -0.25) is 0 Å². The Morgan fingerprint density at radius 3 is 2.71 bits per heavy atom. The van der Waals surface area contributed by atoms with Crippen LogP contribution in [0.2, 0.25) is 0 Å². The molecule has 0 atom stereocenters. The molecule has 17 heavy (non-hydrogen) atoms. The predicted octanol–water partition coefficient (Wildman–Crippen LogP) is 0.231. The van der Waals surface area contributed by atoms with E-state index in [0.29, 0.717) is 29.9 Å². The van der Waals surface area contributed by atoms with E-state index < -0.39 is 10.0 Å². The molecule has 0 bridgehead atoms. The number of primary sulfonamides is 1. The number of para-hydroxylation sites is 1. The third kappa shape index (κ3) is 4.30. The molecule has 5 N–H and O–H groups in total. The average molecular weight is 254 g/mol. The number of rotatable bonds is 5. The zero-order valence-corrected chi connectivity index (χ0v) is 10.00. The Morgan fingerprint density at radius 1 is 1.41 bits per heavy atom. The predicted molar refractivity (Wildman–Crippen MR) is 66.7 cm³/mol. The van der Waals surface area contributed by atoms with Crippen LogP contribution in [0, 0.1) is 11.3 Å². The van der Waals surface area contributed by atoms with E-state index in [1.165, 1.54) is 0 Å². The lowest BCUT2D eigenvalue weighted by Crippen LogP contribution is -2.18. The van der Waals surface area contributed by atoms with Crippen molar-refractivity contribution in [3.05, 3.63) is 23.8 Å². The standard InChI is InChI=1S/C10H14N4O2S/c11-7-8-3-1-4-9(10(8)12)14-5-2-6-17(13,15)16/h1,3-4,14H,2,5-6,12H2,(H2,13,15,16). The van der Waals surface area contributed by atoms with Gasteiger partial charge in [0, 0.05) is 6.54 Å². The van der Waals surface area contributed by atoms with Gasteiger partial charge in [-0.05, 0) is 18.6 Å². The summed E-state index contributed by atoms with van der Waals surface area (Å²) in [6.45, 7) is 0.426. The first-order valence-corrected chi connectivity index (χ1v) is 6.68. The van der Waals surface area contributed by atoms with Crippen molar-refractivity contribution in [2.75, 3.05) is 23.3 Å². The van der Waals surface area contributed by atoms with Gasteiger partial charge in [-0.2, -0.15) is 5.26 Å². The Hall–Kier alpha value is -1.78. The molecule has 0 aliphatic rings. The smallest absolute Gasteiger partial charge is 0.209 e. The number of nitrogens with zero attached hydrogens (tertiary/aromatic N) is 1. The van der Waals surface area contributed by atoms with Gasteiger partial charge in [0.25, 0.3) is 0 Å². The molecular weight excluding hydrogens is 240 g/mol. The maximum absolute atomic E-state index is 10.7.